The van der Waals surface area contributed by atoms with E-state index < -0.39 is 11.0 Å². The molecular formula is C18H15ClO2. The molecule has 21 heavy (non-hydrogen) atoms. The minimum Gasteiger partial charge on any atom is -0.284 e. The Morgan fingerprint density at radius 3 is 1.90 bits per heavy atom. The summed E-state index contributed by atoms with van der Waals surface area (Å²) in [6.07, 6.45) is 3.33. The van der Waals surface area contributed by atoms with Gasteiger partial charge in [-0.15, -0.1) is 0 Å². The quantitative estimate of drug-likeness (QED) is 0.483. The molecule has 106 valence electrons. The van der Waals surface area contributed by atoms with Crippen LogP contribution >= 0.6 is 11.6 Å². The molecule has 0 aromatic heterocycles. The van der Waals surface area contributed by atoms with Crippen LogP contribution in [0.4, 0.5) is 0 Å². The molecular weight excluding hydrogens is 284 g/mol. The van der Waals surface area contributed by atoms with E-state index in [9.17, 15) is 9.59 Å². The summed E-state index contributed by atoms with van der Waals surface area (Å²) in [5.41, 5.74) is 4.93. The first kappa shape index (κ1) is 14.0. The first-order valence-corrected chi connectivity index (χ1v) is 7.45. The molecule has 0 spiro atoms. The number of hydrogen-bond acceptors (Lipinski definition) is 2. The summed E-state index contributed by atoms with van der Waals surface area (Å²) in [5.74, 6) is -0.598. The molecule has 0 aliphatic heterocycles. The number of rotatable bonds is 2. The van der Waals surface area contributed by atoms with Gasteiger partial charge in [0.1, 0.15) is 0 Å². The first-order valence-electron chi connectivity index (χ1n) is 7.07. The van der Waals surface area contributed by atoms with Crippen LogP contribution in [0, 0.1) is 0 Å². The zero-order chi connectivity index (χ0) is 14.8. The fraction of sp³-hybridized carbons (Fsp3) is 0.222. The van der Waals surface area contributed by atoms with Crippen molar-refractivity contribution in [3.63, 3.8) is 0 Å². The molecule has 0 heterocycles. The van der Waals surface area contributed by atoms with Crippen molar-refractivity contribution in [3.8, 4) is 0 Å². The van der Waals surface area contributed by atoms with Crippen LogP contribution in [0.1, 0.15) is 32.6 Å². The van der Waals surface area contributed by atoms with Gasteiger partial charge in [0.05, 0.1) is 0 Å². The molecule has 4 aliphatic carbocycles. The van der Waals surface area contributed by atoms with Crippen LogP contribution in [0.5, 0.6) is 0 Å². The predicted octanol–water partition coefficient (Wildman–Crippen LogP) is 3.52. The van der Waals surface area contributed by atoms with Gasteiger partial charge in [0.25, 0.3) is 5.24 Å². The van der Waals surface area contributed by atoms with Crippen molar-refractivity contribution in [2.24, 2.45) is 0 Å². The molecule has 2 aromatic carbocycles. The lowest BCUT2D eigenvalue weighted by atomic mass is 9.92. The average molecular weight is 299 g/mol. The van der Waals surface area contributed by atoms with Crippen molar-refractivity contribution in [2.45, 2.75) is 25.7 Å². The van der Waals surface area contributed by atoms with E-state index in [0.717, 1.165) is 36.8 Å². The van der Waals surface area contributed by atoms with E-state index >= 15 is 0 Å². The van der Waals surface area contributed by atoms with Gasteiger partial charge < -0.3 is 0 Å². The summed E-state index contributed by atoms with van der Waals surface area (Å²) in [4.78, 5) is 23.2. The minimum absolute atomic E-state index is 0.461. The number of carbonyl (C=O) groups is 2. The number of carbonyl (C=O) groups excluding carboxylic acids is 2. The second-order valence-electron chi connectivity index (χ2n) is 5.41. The molecule has 0 fully saturated rings. The lowest BCUT2D eigenvalue weighted by Gasteiger charge is -2.12. The maximum Gasteiger partial charge on any atom is 0.293 e. The largest absolute Gasteiger partial charge is 0.293 e. The maximum atomic E-state index is 12.0. The zero-order valence-corrected chi connectivity index (χ0v) is 12.3. The molecule has 6 rings (SSSR count). The molecule has 0 saturated heterocycles. The van der Waals surface area contributed by atoms with Gasteiger partial charge in [-0.3, -0.25) is 9.59 Å². The molecule has 0 radical (unpaired) electrons. The highest BCUT2D eigenvalue weighted by molar-refractivity contribution is 6.83. The molecule has 0 N–H and O–H groups in total. The monoisotopic (exact) mass is 298 g/mol. The fourth-order valence-electron chi connectivity index (χ4n) is 2.75. The second-order valence-corrected chi connectivity index (χ2v) is 5.75. The molecule has 2 aromatic rings. The van der Waals surface area contributed by atoms with Gasteiger partial charge in [0, 0.05) is 5.56 Å². The zero-order valence-electron chi connectivity index (χ0n) is 11.6. The Morgan fingerprint density at radius 1 is 0.762 bits per heavy atom. The molecule has 0 atom stereocenters. The van der Waals surface area contributed by atoms with E-state index in [1.165, 1.54) is 11.1 Å². The minimum atomic E-state index is -0.913. The third kappa shape index (κ3) is 3.06. The van der Waals surface area contributed by atoms with Gasteiger partial charge in [-0.05, 0) is 65.6 Å². The van der Waals surface area contributed by atoms with E-state index in [1.807, 2.05) is 18.2 Å². The molecule has 4 aliphatic rings. The SMILES string of the molecule is O=C(Cl)C(=O)c1cc2ccc1CCc1ccc(cc1)CC2. The highest BCUT2D eigenvalue weighted by Gasteiger charge is 2.18. The summed E-state index contributed by atoms with van der Waals surface area (Å²) in [6.45, 7) is 0. The van der Waals surface area contributed by atoms with Crippen LogP contribution < -0.4 is 0 Å². The number of Topliss-reactive ketones (excluding diaryl/α,β-unsaturated/α-hetero) is 1. The Labute approximate surface area is 128 Å². The maximum absolute atomic E-state index is 12.0. The van der Waals surface area contributed by atoms with Crippen LogP contribution in [0.25, 0.3) is 0 Å². The lowest BCUT2D eigenvalue weighted by Crippen LogP contribution is -2.12. The number of aryl methyl sites for hydroxylation is 4. The average Bonchev–Trinajstić information content (AvgIpc) is 2.49. The Bertz CT molecular complexity index is 702. The molecule has 0 amide bonds. The summed E-state index contributed by atoms with van der Waals surface area (Å²) in [7, 11) is 0. The molecule has 3 heteroatoms. The van der Waals surface area contributed by atoms with E-state index in [0.29, 0.717) is 5.56 Å². The van der Waals surface area contributed by atoms with Crippen molar-refractivity contribution in [3.05, 3.63) is 70.3 Å². The predicted molar refractivity (Wildman–Crippen MR) is 82.9 cm³/mol. The normalized spacial score (nSPS) is 13.6. The van der Waals surface area contributed by atoms with Crippen LogP contribution in [0.3, 0.4) is 0 Å². The van der Waals surface area contributed by atoms with Crippen molar-refractivity contribution < 1.29 is 9.59 Å². The number of hydrogen-bond donors (Lipinski definition) is 0. The lowest BCUT2D eigenvalue weighted by molar-refractivity contribution is -0.108. The van der Waals surface area contributed by atoms with Crippen LogP contribution in [0.15, 0.2) is 42.5 Å². The third-order valence-electron chi connectivity index (χ3n) is 4.01. The standard InChI is InChI=1S/C18H15ClO2/c19-18(21)17(20)16-11-14-6-5-12-1-3-13(4-2-12)7-9-15(16)10-8-14/h1-4,8,10-11H,5-7,9H2. The van der Waals surface area contributed by atoms with Gasteiger partial charge in [-0.25, -0.2) is 0 Å². The smallest absolute Gasteiger partial charge is 0.284 e. The number of ketones is 1. The summed E-state index contributed by atoms with van der Waals surface area (Å²) in [6, 6.07) is 14.4. The van der Waals surface area contributed by atoms with E-state index in [1.54, 1.807) is 0 Å². The Hall–Kier alpha value is -1.93. The van der Waals surface area contributed by atoms with Crippen LogP contribution in [0.2, 0.25) is 0 Å². The number of halogens is 1. The van der Waals surface area contributed by atoms with Crippen molar-refractivity contribution in [1.82, 2.24) is 0 Å². The summed E-state index contributed by atoms with van der Waals surface area (Å²) >= 11 is 5.38. The molecule has 4 bridgehead atoms. The van der Waals surface area contributed by atoms with Crippen molar-refractivity contribution in [2.75, 3.05) is 0 Å². The topological polar surface area (TPSA) is 34.1 Å². The van der Waals surface area contributed by atoms with Crippen molar-refractivity contribution >= 4 is 22.6 Å². The van der Waals surface area contributed by atoms with Gasteiger partial charge in [0.2, 0.25) is 5.78 Å². The van der Waals surface area contributed by atoms with Crippen molar-refractivity contribution in [1.29, 1.82) is 0 Å². The fourth-order valence-corrected chi connectivity index (χ4v) is 2.86. The van der Waals surface area contributed by atoms with Gasteiger partial charge in [-0.1, -0.05) is 36.4 Å². The Balaban J connectivity index is 2.03. The van der Waals surface area contributed by atoms with E-state index in [2.05, 4.69) is 24.3 Å². The molecule has 2 nitrogen and oxygen atoms in total. The Kier molecular flexibility index (Phi) is 3.89. The van der Waals surface area contributed by atoms with Crippen LogP contribution in [-0.2, 0) is 30.5 Å². The summed E-state index contributed by atoms with van der Waals surface area (Å²) in [5, 5.41) is -0.913. The molecule has 0 unspecified atom stereocenters. The van der Waals surface area contributed by atoms with Gasteiger partial charge in [0.15, 0.2) is 0 Å². The highest BCUT2D eigenvalue weighted by atomic mass is 35.5. The second kappa shape index (κ2) is 5.82. The Morgan fingerprint density at radius 2 is 1.29 bits per heavy atom. The summed E-state index contributed by atoms with van der Waals surface area (Å²) < 4.78 is 0. The first-order chi connectivity index (χ1) is 10.1. The van der Waals surface area contributed by atoms with E-state index in [-0.39, 0.29) is 0 Å². The highest BCUT2D eigenvalue weighted by Crippen LogP contribution is 2.20. The van der Waals surface area contributed by atoms with Crippen LogP contribution in [-0.4, -0.2) is 11.0 Å². The molecule has 0 saturated carbocycles. The third-order valence-corrected chi connectivity index (χ3v) is 4.18. The number of benzene rings is 2. The van der Waals surface area contributed by atoms with Gasteiger partial charge >= 0.3 is 0 Å². The van der Waals surface area contributed by atoms with E-state index in [4.69, 9.17) is 11.6 Å². The van der Waals surface area contributed by atoms with Gasteiger partial charge in [-0.2, -0.15) is 0 Å².